The fourth-order valence-electron chi connectivity index (χ4n) is 1.89. The fourth-order valence-corrected chi connectivity index (χ4v) is 1.89. The molecule has 19 heavy (non-hydrogen) atoms. The van der Waals surface area contributed by atoms with Gasteiger partial charge in [-0.15, -0.1) is 5.10 Å². The Kier molecular flexibility index (Phi) is 2.97. The summed E-state index contributed by atoms with van der Waals surface area (Å²) in [5, 5.41) is 16.1. The number of hydrogen-bond donors (Lipinski definition) is 1. The molecule has 0 saturated heterocycles. The van der Waals surface area contributed by atoms with Gasteiger partial charge in [0.1, 0.15) is 18.2 Å². The van der Waals surface area contributed by atoms with Crippen LogP contribution in [-0.4, -0.2) is 20.8 Å². The van der Waals surface area contributed by atoms with E-state index in [-0.39, 0.29) is 11.6 Å². The third kappa shape index (κ3) is 2.61. The van der Waals surface area contributed by atoms with Gasteiger partial charge in [-0.3, -0.25) is 0 Å². The van der Waals surface area contributed by atoms with Gasteiger partial charge in [0.05, 0.1) is 5.69 Å². The maximum atomic E-state index is 13.3. The Hall–Kier alpha value is -2.26. The van der Waals surface area contributed by atoms with Crippen LogP contribution in [0.25, 0.3) is 5.69 Å². The van der Waals surface area contributed by atoms with Crippen LogP contribution in [0.1, 0.15) is 24.2 Å². The van der Waals surface area contributed by atoms with Gasteiger partial charge < -0.3 is 5.32 Å². The van der Waals surface area contributed by atoms with E-state index in [4.69, 9.17) is 5.26 Å². The Morgan fingerprint density at radius 1 is 1.47 bits per heavy atom. The van der Waals surface area contributed by atoms with Gasteiger partial charge in [0, 0.05) is 12.6 Å². The highest BCUT2D eigenvalue weighted by atomic mass is 19.1. The zero-order valence-electron chi connectivity index (χ0n) is 10.2. The van der Waals surface area contributed by atoms with Gasteiger partial charge in [0.2, 0.25) is 0 Å². The standard InChI is InChI=1S/C13H12FN5/c14-10-1-4-12(19-8-17-13(6-15)18-19)9(5-10)7-16-11-2-3-11/h1,4-5,8,11,16H,2-3,7H2. The number of halogens is 1. The van der Waals surface area contributed by atoms with E-state index < -0.39 is 0 Å². The number of nitrogens with zero attached hydrogens (tertiary/aromatic N) is 4. The molecule has 0 unspecified atom stereocenters. The first-order valence-electron chi connectivity index (χ1n) is 6.10. The zero-order chi connectivity index (χ0) is 13.2. The van der Waals surface area contributed by atoms with E-state index in [2.05, 4.69) is 15.4 Å². The number of nitrogens with one attached hydrogen (secondary N) is 1. The molecule has 0 spiro atoms. The average Bonchev–Trinajstić information content (AvgIpc) is 3.13. The predicted molar refractivity (Wildman–Crippen MR) is 65.9 cm³/mol. The lowest BCUT2D eigenvalue weighted by atomic mass is 10.1. The van der Waals surface area contributed by atoms with Gasteiger partial charge in [-0.05, 0) is 36.6 Å². The first-order chi connectivity index (χ1) is 9.26. The molecular weight excluding hydrogens is 245 g/mol. The monoisotopic (exact) mass is 257 g/mol. The number of aromatic nitrogens is 3. The zero-order valence-corrected chi connectivity index (χ0v) is 10.2. The van der Waals surface area contributed by atoms with E-state index in [0.717, 1.165) is 11.3 Å². The van der Waals surface area contributed by atoms with Crippen molar-refractivity contribution in [2.45, 2.75) is 25.4 Å². The van der Waals surface area contributed by atoms with E-state index in [0.29, 0.717) is 12.6 Å². The highest BCUT2D eigenvalue weighted by Gasteiger charge is 2.21. The van der Waals surface area contributed by atoms with Crippen LogP contribution in [0.15, 0.2) is 24.5 Å². The quantitative estimate of drug-likeness (QED) is 0.902. The summed E-state index contributed by atoms with van der Waals surface area (Å²) in [6.07, 6.45) is 3.81. The van der Waals surface area contributed by atoms with Crippen LogP contribution in [0, 0.1) is 17.1 Å². The van der Waals surface area contributed by atoms with Crippen molar-refractivity contribution in [3.8, 4) is 11.8 Å². The van der Waals surface area contributed by atoms with Crippen LogP contribution in [0.4, 0.5) is 4.39 Å². The predicted octanol–water partition coefficient (Wildman–Crippen LogP) is 1.53. The van der Waals surface area contributed by atoms with E-state index >= 15 is 0 Å². The Labute approximate surface area is 109 Å². The largest absolute Gasteiger partial charge is 0.310 e. The smallest absolute Gasteiger partial charge is 0.252 e. The molecule has 5 nitrogen and oxygen atoms in total. The molecule has 1 aliphatic rings. The van der Waals surface area contributed by atoms with E-state index in [9.17, 15) is 4.39 Å². The minimum atomic E-state index is -0.281. The third-order valence-corrected chi connectivity index (χ3v) is 3.04. The highest BCUT2D eigenvalue weighted by Crippen LogP contribution is 2.21. The lowest BCUT2D eigenvalue weighted by molar-refractivity contribution is 0.617. The van der Waals surface area contributed by atoms with Crippen LogP contribution < -0.4 is 5.32 Å². The Bertz CT molecular complexity index is 639. The number of nitriles is 1. The molecule has 0 aliphatic heterocycles. The van der Waals surface area contributed by atoms with Crippen molar-refractivity contribution in [2.24, 2.45) is 0 Å². The molecule has 2 aromatic rings. The molecule has 1 N–H and O–H groups in total. The van der Waals surface area contributed by atoms with Crippen LogP contribution in [0.3, 0.4) is 0 Å². The van der Waals surface area contributed by atoms with E-state index in [1.54, 1.807) is 6.07 Å². The molecule has 6 heteroatoms. The highest BCUT2D eigenvalue weighted by molar-refractivity contribution is 5.40. The molecule has 1 aromatic heterocycles. The lowest BCUT2D eigenvalue weighted by Gasteiger charge is -2.10. The summed E-state index contributed by atoms with van der Waals surface area (Å²) in [4.78, 5) is 3.86. The third-order valence-electron chi connectivity index (χ3n) is 3.04. The summed E-state index contributed by atoms with van der Waals surface area (Å²) in [5.74, 6) is -0.178. The molecule has 1 aromatic carbocycles. The first-order valence-corrected chi connectivity index (χ1v) is 6.10. The van der Waals surface area contributed by atoms with Gasteiger partial charge in [-0.2, -0.15) is 5.26 Å². The lowest BCUT2D eigenvalue weighted by Crippen LogP contribution is -2.17. The van der Waals surface area contributed by atoms with E-state index in [1.165, 1.54) is 36.0 Å². The maximum absolute atomic E-state index is 13.3. The molecule has 1 heterocycles. The first kappa shape index (κ1) is 11.8. The maximum Gasteiger partial charge on any atom is 0.252 e. The molecule has 0 amide bonds. The molecule has 1 saturated carbocycles. The van der Waals surface area contributed by atoms with Crippen molar-refractivity contribution < 1.29 is 4.39 Å². The Morgan fingerprint density at radius 3 is 3.00 bits per heavy atom. The Morgan fingerprint density at radius 2 is 2.32 bits per heavy atom. The number of hydrogen-bond acceptors (Lipinski definition) is 4. The van der Waals surface area contributed by atoms with Crippen LogP contribution >= 0.6 is 0 Å². The van der Waals surface area contributed by atoms with Crippen LogP contribution in [0.5, 0.6) is 0 Å². The average molecular weight is 257 g/mol. The number of benzene rings is 1. The second-order valence-electron chi connectivity index (χ2n) is 4.55. The summed E-state index contributed by atoms with van der Waals surface area (Å²) in [6.45, 7) is 0.583. The summed E-state index contributed by atoms with van der Waals surface area (Å²) < 4.78 is 14.9. The van der Waals surface area contributed by atoms with Crippen molar-refractivity contribution in [1.82, 2.24) is 20.1 Å². The molecular formula is C13H12FN5. The minimum Gasteiger partial charge on any atom is -0.310 e. The normalized spacial score (nSPS) is 14.3. The summed E-state index contributed by atoms with van der Waals surface area (Å²) in [7, 11) is 0. The summed E-state index contributed by atoms with van der Waals surface area (Å²) in [6, 6.07) is 6.93. The van der Waals surface area contributed by atoms with Gasteiger partial charge in [-0.25, -0.2) is 14.1 Å². The fraction of sp³-hybridized carbons (Fsp3) is 0.308. The van der Waals surface area contributed by atoms with Crippen molar-refractivity contribution in [3.05, 3.63) is 41.7 Å². The van der Waals surface area contributed by atoms with Crippen molar-refractivity contribution >= 4 is 0 Å². The SMILES string of the molecule is N#Cc1ncn(-c2ccc(F)cc2CNC2CC2)n1. The summed E-state index contributed by atoms with van der Waals surface area (Å²) >= 11 is 0. The van der Waals surface area contributed by atoms with Crippen LogP contribution in [-0.2, 0) is 6.54 Å². The molecule has 0 radical (unpaired) electrons. The molecule has 0 bridgehead atoms. The van der Waals surface area contributed by atoms with Crippen molar-refractivity contribution in [2.75, 3.05) is 0 Å². The topological polar surface area (TPSA) is 66.5 Å². The Balaban J connectivity index is 1.91. The van der Waals surface area contributed by atoms with Gasteiger partial charge >= 0.3 is 0 Å². The molecule has 3 rings (SSSR count). The van der Waals surface area contributed by atoms with Crippen LogP contribution in [0.2, 0.25) is 0 Å². The molecule has 1 fully saturated rings. The van der Waals surface area contributed by atoms with Crippen molar-refractivity contribution in [1.29, 1.82) is 5.26 Å². The van der Waals surface area contributed by atoms with Gasteiger partial charge in [0.15, 0.2) is 0 Å². The van der Waals surface area contributed by atoms with E-state index in [1.807, 2.05) is 6.07 Å². The molecule has 0 atom stereocenters. The minimum absolute atomic E-state index is 0.102. The number of rotatable bonds is 4. The second-order valence-corrected chi connectivity index (χ2v) is 4.55. The van der Waals surface area contributed by atoms with Gasteiger partial charge in [0.25, 0.3) is 5.82 Å². The van der Waals surface area contributed by atoms with Crippen molar-refractivity contribution in [3.63, 3.8) is 0 Å². The molecule has 96 valence electrons. The molecule has 1 aliphatic carbocycles. The second kappa shape index (κ2) is 4.78. The van der Waals surface area contributed by atoms with Gasteiger partial charge in [-0.1, -0.05) is 0 Å². The summed E-state index contributed by atoms with van der Waals surface area (Å²) in [5.41, 5.74) is 1.55.